The predicted molar refractivity (Wildman–Crippen MR) is 83.6 cm³/mol. The maximum absolute atomic E-state index is 11.6. The number of carbonyl (C=O) groups excluding carboxylic acids is 1. The lowest BCUT2D eigenvalue weighted by atomic mass is 9.88. The average Bonchev–Trinajstić information content (AvgIpc) is 2.70. The van der Waals surface area contributed by atoms with Gasteiger partial charge in [-0.15, -0.1) is 0 Å². The van der Waals surface area contributed by atoms with Crippen molar-refractivity contribution in [3.8, 4) is 0 Å². The lowest BCUT2D eigenvalue weighted by molar-refractivity contribution is -0.124. The first kappa shape index (κ1) is 14.5. The number of rotatable bonds is 2. The zero-order chi connectivity index (χ0) is 14.8. The molecule has 2 aliphatic heterocycles. The number of nitrogens with two attached hydrogens (primary N) is 1. The normalized spacial score (nSPS) is 30.4. The summed E-state index contributed by atoms with van der Waals surface area (Å²) in [4.78, 5) is 14.1. The molecule has 0 radical (unpaired) electrons. The summed E-state index contributed by atoms with van der Waals surface area (Å²) < 4.78 is 0. The van der Waals surface area contributed by atoms with Gasteiger partial charge in [0, 0.05) is 25.2 Å². The molecule has 114 valence electrons. The number of amides is 1. The third kappa shape index (κ3) is 2.97. The average molecular weight is 287 g/mol. The molecular weight excluding hydrogens is 262 g/mol. The first-order valence-corrected chi connectivity index (χ1v) is 8.00. The smallest absolute Gasteiger partial charge is 0.221 e. The van der Waals surface area contributed by atoms with E-state index in [1.54, 1.807) is 0 Å². The molecule has 4 heteroatoms. The van der Waals surface area contributed by atoms with Gasteiger partial charge in [-0.1, -0.05) is 24.3 Å². The molecule has 3 N–H and O–H groups in total. The number of likely N-dealkylation sites (tertiary alicyclic amines) is 1. The van der Waals surface area contributed by atoms with Crippen LogP contribution in [0.15, 0.2) is 24.3 Å². The van der Waals surface area contributed by atoms with Gasteiger partial charge in [0.25, 0.3) is 0 Å². The Morgan fingerprint density at radius 1 is 1.29 bits per heavy atom. The van der Waals surface area contributed by atoms with Crippen LogP contribution >= 0.6 is 0 Å². The van der Waals surface area contributed by atoms with Crippen LogP contribution in [0.3, 0.4) is 0 Å². The number of primary amides is 1. The van der Waals surface area contributed by atoms with Crippen LogP contribution in [0, 0.1) is 5.92 Å². The first-order chi connectivity index (χ1) is 10.2. The summed E-state index contributed by atoms with van der Waals surface area (Å²) in [5.74, 6) is -0.142. The second-order valence-corrected chi connectivity index (χ2v) is 6.40. The van der Waals surface area contributed by atoms with E-state index in [4.69, 9.17) is 5.73 Å². The van der Waals surface area contributed by atoms with Gasteiger partial charge >= 0.3 is 0 Å². The monoisotopic (exact) mass is 287 g/mol. The largest absolute Gasteiger partial charge is 0.369 e. The van der Waals surface area contributed by atoms with Crippen molar-refractivity contribution in [2.75, 3.05) is 13.1 Å². The number of fused-ring (bicyclic) bond motifs is 1. The maximum Gasteiger partial charge on any atom is 0.221 e. The summed E-state index contributed by atoms with van der Waals surface area (Å²) in [6, 6.07) is 9.59. The summed E-state index contributed by atoms with van der Waals surface area (Å²) in [5, 5.41) is 3.50. The van der Waals surface area contributed by atoms with Gasteiger partial charge in [0.1, 0.15) is 0 Å². The summed E-state index contributed by atoms with van der Waals surface area (Å²) in [5.41, 5.74) is 8.35. The van der Waals surface area contributed by atoms with E-state index >= 15 is 0 Å². The fourth-order valence-electron chi connectivity index (χ4n) is 3.78. The Balaban J connectivity index is 1.89. The van der Waals surface area contributed by atoms with Crippen molar-refractivity contribution in [3.63, 3.8) is 0 Å². The van der Waals surface area contributed by atoms with Crippen molar-refractivity contribution in [1.82, 2.24) is 10.2 Å². The first-order valence-electron chi connectivity index (χ1n) is 8.00. The number of nitrogens with one attached hydrogen (secondary N) is 1. The highest BCUT2D eigenvalue weighted by molar-refractivity contribution is 5.77. The fourth-order valence-corrected chi connectivity index (χ4v) is 3.78. The molecule has 2 heterocycles. The number of hydrogen-bond acceptors (Lipinski definition) is 3. The van der Waals surface area contributed by atoms with Gasteiger partial charge in [0.15, 0.2) is 0 Å². The van der Waals surface area contributed by atoms with Crippen molar-refractivity contribution >= 4 is 5.91 Å². The fraction of sp³-hybridized carbons (Fsp3) is 0.588. The molecule has 3 unspecified atom stereocenters. The van der Waals surface area contributed by atoms with Crippen LogP contribution < -0.4 is 11.1 Å². The molecule has 0 bridgehead atoms. The minimum Gasteiger partial charge on any atom is -0.369 e. The molecule has 0 spiro atoms. The van der Waals surface area contributed by atoms with Gasteiger partial charge in [0.05, 0.1) is 5.92 Å². The van der Waals surface area contributed by atoms with E-state index in [-0.39, 0.29) is 11.8 Å². The lowest BCUT2D eigenvalue weighted by Gasteiger charge is -2.42. The molecule has 4 nitrogen and oxygen atoms in total. The van der Waals surface area contributed by atoms with Gasteiger partial charge in [-0.2, -0.15) is 0 Å². The number of carbonyl (C=O) groups is 1. The molecule has 0 aliphatic carbocycles. The molecule has 1 aromatic rings. The number of piperidine rings is 1. The van der Waals surface area contributed by atoms with Crippen molar-refractivity contribution in [2.24, 2.45) is 11.7 Å². The Morgan fingerprint density at radius 3 is 2.90 bits per heavy atom. The lowest BCUT2D eigenvalue weighted by Crippen LogP contribution is -2.47. The number of benzene rings is 1. The molecule has 2 aliphatic rings. The van der Waals surface area contributed by atoms with Crippen molar-refractivity contribution in [2.45, 2.75) is 44.8 Å². The van der Waals surface area contributed by atoms with Crippen LogP contribution in [0.4, 0.5) is 0 Å². The standard InChI is InChI=1S/C17H25N3O/c1-12-6-7-14(17(18)21)11-20(12)16-8-9-19-10-13-4-2-3-5-15(13)16/h2-5,12,14,16,19H,6-11H2,1H3,(H2,18,21). The molecule has 1 amide bonds. The molecule has 21 heavy (non-hydrogen) atoms. The van der Waals surface area contributed by atoms with Crippen molar-refractivity contribution in [1.29, 1.82) is 0 Å². The van der Waals surface area contributed by atoms with E-state index in [0.717, 1.165) is 38.9 Å². The topological polar surface area (TPSA) is 58.4 Å². The van der Waals surface area contributed by atoms with E-state index in [9.17, 15) is 4.79 Å². The molecule has 0 aromatic heterocycles. The minimum absolute atomic E-state index is 0.00424. The Kier molecular flexibility index (Phi) is 4.27. The van der Waals surface area contributed by atoms with Gasteiger partial charge in [0.2, 0.25) is 5.91 Å². The van der Waals surface area contributed by atoms with Gasteiger partial charge in [-0.3, -0.25) is 9.69 Å². The third-order valence-electron chi connectivity index (χ3n) is 5.06. The summed E-state index contributed by atoms with van der Waals surface area (Å²) >= 11 is 0. The minimum atomic E-state index is -0.146. The third-order valence-corrected chi connectivity index (χ3v) is 5.06. The second-order valence-electron chi connectivity index (χ2n) is 6.40. The van der Waals surface area contributed by atoms with Crippen molar-refractivity contribution in [3.05, 3.63) is 35.4 Å². The Morgan fingerprint density at radius 2 is 2.10 bits per heavy atom. The van der Waals surface area contributed by atoms with Gasteiger partial charge in [-0.25, -0.2) is 0 Å². The maximum atomic E-state index is 11.6. The van der Waals surface area contributed by atoms with Crippen molar-refractivity contribution < 1.29 is 4.79 Å². The van der Waals surface area contributed by atoms with Crippen LogP contribution in [0.5, 0.6) is 0 Å². The zero-order valence-electron chi connectivity index (χ0n) is 12.7. The molecule has 0 saturated carbocycles. The van der Waals surface area contributed by atoms with Crippen LogP contribution in [-0.2, 0) is 11.3 Å². The van der Waals surface area contributed by atoms with Crippen LogP contribution in [0.25, 0.3) is 0 Å². The molecule has 1 fully saturated rings. The Hall–Kier alpha value is -1.39. The molecule has 3 rings (SSSR count). The van der Waals surface area contributed by atoms with Gasteiger partial charge in [-0.05, 0) is 43.9 Å². The number of nitrogens with zero attached hydrogens (tertiary/aromatic N) is 1. The summed E-state index contributed by atoms with van der Waals surface area (Å²) in [7, 11) is 0. The summed E-state index contributed by atoms with van der Waals surface area (Å²) in [6.45, 7) is 5.03. The quantitative estimate of drug-likeness (QED) is 0.872. The highest BCUT2D eigenvalue weighted by Gasteiger charge is 2.34. The predicted octanol–water partition coefficient (Wildman–Crippen LogP) is 1.81. The summed E-state index contributed by atoms with van der Waals surface area (Å²) in [6.07, 6.45) is 3.08. The van der Waals surface area contributed by atoms with Crippen LogP contribution in [0.2, 0.25) is 0 Å². The zero-order valence-corrected chi connectivity index (χ0v) is 12.7. The molecular formula is C17H25N3O. The SMILES string of the molecule is CC1CCC(C(N)=O)CN1C1CCNCc2ccccc21. The van der Waals surface area contributed by atoms with E-state index in [2.05, 4.69) is 41.4 Å². The highest BCUT2D eigenvalue weighted by Crippen LogP contribution is 2.35. The van der Waals surface area contributed by atoms with E-state index in [1.165, 1.54) is 11.1 Å². The second kappa shape index (κ2) is 6.16. The number of hydrogen-bond donors (Lipinski definition) is 2. The van der Waals surface area contributed by atoms with Crippen LogP contribution in [-0.4, -0.2) is 29.9 Å². The molecule has 3 atom stereocenters. The highest BCUT2D eigenvalue weighted by atomic mass is 16.1. The van der Waals surface area contributed by atoms with E-state index in [0.29, 0.717) is 12.1 Å². The van der Waals surface area contributed by atoms with E-state index in [1.807, 2.05) is 0 Å². The molecule has 1 aromatic carbocycles. The Bertz CT molecular complexity index is 517. The van der Waals surface area contributed by atoms with E-state index < -0.39 is 0 Å². The van der Waals surface area contributed by atoms with Crippen LogP contribution in [0.1, 0.15) is 43.4 Å². The Labute approximate surface area is 126 Å². The molecule has 1 saturated heterocycles. The van der Waals surface area contributed by atoms with Gasteiger partial charge < -0.3 is 11.1 Å².